The Morgan fingerprint density at radius 1 is 1.06 bits per heavy atom. The largest absolute Gasteiger partial charge is 0.350 e. The number of hydrogen-bond acceptors (Lipinski definition) is 5. The van der Waals surface area contributed by atoms with E-state index in [4.69, 9.17) is 9.47 Å². The number of hydrogen-bond donors (Lipinski definition) is 0. The van der Waals surface area contributed by atoms with Crippen LogP contribution in [0.1, 0.15) is 70.3 Å². The van der Waals surface area contributed by atoms with Crippen molar-refractivity contribution in [3.8, 4) is 0 Å². The molecule has 4 rings (SSSR count). The lowest BCUT2D eigenvalue weighted by Crippen LogP contribution is -2.49. The summed E-state index contributed by atoms with van der Waals surface area (Å²) in [5, 5.41) is 12.6. The molecule has 32 heavy (non-hydrogen) atoms. The maximum absolute atomic E-state index is 11.8. The van der Waals surface area contributed by atoms with Gasteiger partial charge >= 0.3 is 0 Å². The van der Waals surface area contributed by atoms with Gasteiger partial charge in [0.2, 0.25) is 0 Å². The van der Waals surface area contributed by atoms with Gasteiger partial charge in [0.1, 0.15) is 0 Å². The standard InChI is InChI=1S/C25H37N3O4/c1-2-3-4-5-6-7-14-27-20-21(24-22(27)10-8-11-23(24)28(29)30)19-26-15-12-25(13-16-26)31-17-9-18-32-25/h8,10-11,20H,2-7,9,12-19H2,1H3. The van der Waals surface area contributed by atoms with Gasteiger partial charge in [0.25, 0.3) is 5.69 Å². The SMILES string of the molecule is CCCCCCCCn1cc(CN2CCC3(CC2)OCCCO3)c2c([N+](=O)[O-])cccc21. The van der Waals surface area contributed by atoms with Crippen molar-refractivity contribution in [1.29, 1.82) is 0 Å². The van der Waals surface area contributed by atoms with Gasteiger partial charge in [0.15, 0.2) is 5.79 Å². The molecule has 3 heterocycles. The number of non-ortho nitro benzene ring substituents is 1. The van der Waals surface area contributed by atoms with Crippen molar-refractivity contribution in [1.82, 2.24) is 9.47 Å². The van der Waals surface area contributed by atoms with E-state index in [0.717, 1.165) is 81.5 Å². The third-order valence-electron chi connectivity index (χ3n) is 6.94. The van der Waals surface area contributed by atoms with Crippen LogP contribution in [0.15, 0.2) is 24.4 Å². The van der Waals surface area contributed by atoms with Crippen LogP contribution in [0.2, 0.25) is 0 Å². The van der Waals surface area contributed by atoms with Gasteiger partial charge in [-0.05, 0) is 24.5 Å². The molecular weight excluding hydrogens is 406 g/mol. The molecule has 0 amide bonds. The minimum atomic E-state index is -0.410. The number of likely N-dealkylation sites (tertiary alicyclic amines) is 1. The van der Waals surface area contributed by atoms with E-state index in [1.54, 1.807) is 6.07 Å². The Morgan fingerprint density at radius 2 is 1.78 bits per heavy atom. The number of rotatable bonds is 10. The molecular formula is C25H37N3O4. The summed E-state index contributed by atoms with van der Waals surface area (Å²) >= 11 is 0. The van der Waals surface area contributed by atoms with Crippen molar-refractivity contribution in [3.63, 3.8) is 0 Å². The second-order valence-corrected chi connectivity index (χ2v) is 9.28. The number of fused-ring (bicyclic) bond motifs is 1. The van der Waals surface area contributed by atoms with E-state index in [0.29, 0.717) is 0 Å². The molecule has 176 valence electrons. The van der Waals surface area contributed by atoms with Crippen molar-refractivity contribution in [3.05, 3.63) is 40.1 Å². The molecule has 1 spiro atoms. The van der Waals surface area contributed by atoms with Crippen molar-refractivity contribution < 1.29 is 14.4 Å². The van der Waals surface area contributed by atoms with Crippen LogP contribution < -0.4 is 0 Å². The highest BCUT2D eigenvalue weighted by atomic mass is 16.7. The molecule has 0 bridgehead atoms. The van der Waals surface area contributed by atoms with E-state index in [-0.39, 0.29) is 10.6 Å². The lowest BCUT2D eigenvalue weighted by molar-refractivity contribution is -0.383. The highest BCUT2D eigenvalue weighted by Gasteiger charge is 2.38. The molecule has 7 heteroatoms. The zero-order chi connectivity index (χ0) is 22.4. The summed E-state index contributed by atoms with van der Waals surface area (Å²) in [7, 11) is 0. The van der Waals surface area contributed by atoms with Crippen LogP contribution >= 0.6 is 0 Å². The van der Waals surface area contributed by atoms with Crippen LogP contribution in [0.25, 0.3) is 10.9 Å². The number of ether oxygens (including phenoxy) is 2. The van der Waals surface area contributed by atoms with E-state index < -0.39 is 5.79 Å². The molecule has 2 aromatic rings. The normalized spacial score (nSPS) is 19.0. The summed E-state index contributed by atoms with van der Waals surface area (Å²) in [6.07, 6.45) is 12.3. The van der Waals surface area contributed by atoms with E-state index in [1.807, 2.05) is 12.1 Å². The Morgan fingerprint density at radius 3 is 2.50 bits per heavy atom. The van der Waals surface area contributed by atoms with Gasteiger partial charge in [-0.1, -0.05) is 45.1 Å². The maximum atomic E-state index is 11.8. The highest BCUT2D eigenvalue weighted by molar-refractivity contribution is 5.92. The highest BCUT2D eigenvalue weighted by Crippen LogP contribution is 2.34. The first kappa shape index (κ1) is 23.2. The zero-order valence-corrected chi connectivity index (χ0v) is 19.4. The number of nitro groups is 1. The second kappa shape index (κ2) is 10.8. The monoisotopic (exact) mass is 443 g/mol. The lowest BCUT2D eigenvalue weighted by Gasteiger charge is -2.43. The van der Waals surface area contributed by atoms with E-state index in [2.05, 4.69) is 22.6 Å². The molecule has 2 fully saturated rings. The summed E-state index contributed by atoms with van der Waals surface area (Å²) in [5.41, 5.74) is 2.25. The quantitative estimate of drug-likeness (QED) is 0.270. The smallest absolute Gasteiger partial charge is 0.279 e. The van der Waals surface area contributed by atoms with E-state index in [1.165, 1.54) is 32.1 Å². The molecule has 2 saturated heterocycles. The number of aryl methyl sites for hydroxylation is 1. The fraction of sp³-hybridized carbons (Fsp3) is 0.680. The molecule has 0 radical (unpaired) electrons. The molecule has 2 aliphatic rings. The Balaban J connectivity index is 1.47. The first-order valence-corrected chi connectivity index (χ1v) is 12.4. The van der Waals surface area contributed by atoms with Crippen LogP contribution in [0.5, 0.6) is 0 Å². The van der Waals surface area contributed by atoms with Gasteiger partial charge in [0.05, 0.1) is 29.0 Å². The Hall–Kier alpha value is -1.96. The topological polar surface area (TPSA) is 69.8 Å². The lowest BCUT2D eigenvalue weighted by atomic mass is 10.0. The van der Waals surface area contributed by atoms with Crippen LogP contribution in [-0.4, -0.2) is 46.5 Å². The average Bonchev–Trinajstić information content (AvgIpc) is 3.16. The predicted molar refractivity (Wildman–Crippen MR) is 126 cm³/mol. The van der Waals surface area contributed by atoms with E-state index >= 15 is 0 Å². The van der Waals surface area contributed by atoms with Gasteiger partial charge in [-0.2, -0.15) is 0 Å². The van der Waals surface area contributed by atoms with Gasteiger partial charge < -0.3 is 14.0 Å². The number of nitro benzene ring substituents is 1. The van der Waals surface area contributed by atoms with Crippen molar-refractivity contribution in [2.45, 2.75) is 83.6 Å². The summed E-state index contributed by atoms with van der Waals surface area (Å²) in [6, 6.07) is 5.47. The minimum absolute atomic E-state index is 0.214. The summed E-state index contributed by atoms with van der Waals surface area (Å²) in [5.74, 6) is -0.410. The van der Waals surface area contributed by atoms with Gasteiger partial charge in [-0.25, -0.2) is 0 Å². The fourth-order valence-electron chi connectivity index (χ4n) is 5.14. The van der Waals surface area contributed by atoms with Gasteiger partial charge in [0, 0.05) is 51.3 Å². The first-order chi connectivity index (χ1) is 15.6. The molecule has 0 unspecified atom stereocenters. The molecule has 1 aromatic carbocycles. The van der Waals surface area contributed by atoms with Crippen molar-refractivity contribution in [2.75, 3.05) is 26.3 Å². The number of unbranched alkanes of at least 4 members (excludes halogenated alkanes) is 5. The minimum Gasteiger partial charge on any atom is -0.350 e. The Kier molecular flexibility index (Phi) is 7.81. The van der Waals surface area contributed by atoms with Gasteiger partial charge in [-0.3, -0.25) is 15.0 Å². The van der Waals surface area contributed by atoms with Gasteiger partial charge in [-0.15, -0.1) is 0 Å². The second-order valence-electron chi connectivity index (χ2n) is 9.28. The zero-order valence-electron chi connectivity index (χ0n) is 19.4. The van der Waals surface area contributed by atoms with Crippen molar-refractivity contribution in [2.24, 2.45) is 0 Å². The predicted octanol–water partition coefficient (Wildman–Crippen LogP) is 5.64. The van der Waals surface area contributed by atoms with Crippen LogP contribution in [0, 0.1) is 10.1 Å². The number of aromatic nitrogens is 1. The Labute approximate surface area is 190 Å². The summed E-state index contributed by atoms with van der Waals surface area (Å²) < 4.78 is 14.2. The molecule has 0 N–H and O–H groups in total. The van der Waals surface area contributed by atoms with Crippen LogP contribution in [-0.2, 0) is 22.6 Å². The Bertz CT molecular complexity index is 894. The fourth-order valence-corrected chi connectivity index (χ4v) is 5.14. The van der Waals surface area contributed by atoms with Crippen molar-refractivity contribution >= 4 is 16.6 Å². The molecule has 0 aliphatic carbocycles. The third-order valence-corrected chi connectivity index (χ3v) is 6.94. The molecule has 1 aromatic heterocycles. The van der Waals surface area contributed by atoms with Crippen LogP contribution in [0.4, 0.5) is 5.69 Å². The number of nitrogens with zero attached hydrogens (tertiary/aromatic N) is 3. The molecule has 2 aliphatic heterocycles. The summed E-state index contributed by atoms with van der Waals surface area (Å²) in [6.45, 7) is 7.18. The van der Waals surface area contributed by atoms with E-state index in [9.17, 15) is 10.1 Å². The average molecular weight is 444 g/mol. The molecule has 0 atom stereocenters. The van der Waals surface area contributed by atoms with Crippen LogP contribution in [0.3, 0.4) is 0 Å². The molecule has 7 nitrogen and oxygen atoms in total. The summed E-state index contributed by atoms with van der Waals surface area (Å²) in [4.78, 5) is 13.9. The molecule has 0 saturated carbocycles. The number of benzene rings is 1. The number of piperidine rings is 1. The first-order valence-electron chi connectivity index (χ1n) is 12.4. The maximum Gasteiger partial charge on any atom is 0.279 e. The third kappa shape index (κ3) is 5.33.